The summed E-state index contributed by atoms with van der Waals surface area (Å²) in [5.74, 6) is 3.24. The first-order valence-electron chi connectivity index (χ1n) is 14.7. The van der Waals surface area contributed by atoms with Gasteiger partial charge < -0.3 is 10.0 Å². The lowest BCUT2D eigenvalue weighted by molar-refractivity contribution is -0.161. The van der Waals surface area contributed by atoms with E-state index in [-0.39, 0.29) is 16.7 Å². The molecule has 0 aromatic heterocycles. The lowest BCUT2D eigenvalue weighted by Gasteiger charge is -2.61. The van der Waals surface area contributed by atoms with Crippen LogP contribution in [0.25, 0.3) is 0 Å². The molecule has 34 heavy (non-hydrogen) atoms. The second-order valence-corrected chi connectivity index (χ2v) is 13.1. The van der Waals surface area contributed by atoms with Crippen LogP contribution >= 0.6 is 0 Å². The van der Waals surface area contributed by atoms with E-state index in [2.05, 4.69) is 20.8 Å². The van der Waals surface area contributed by atoms with Gasteiger partial charge in [0.1, 0.15) is 5.78 Å². The Labute approximate surface area is 208 Å². The second kappa shape index (κ2) is 10.2. The van der Waals surface area contributed by atoms with Crippen LogP contribution in [0.2, 0.25) is 0 Å². The van der Waals surface area contributed by atoms with Crippen LogP contribution < -0.4 is 0 Å². The molecule has 0 heterocycles. The first-order valence-corrected chi connectivity index (χ1v) is 14.7. The largest absolute Gasteiger partial charge is 0.388 e. The lowest BCUT2D eigenvalue weighted by atomic mass is 9.44. The van der Waals surface area contributed by atoms with Crippen LogP contribution in [-0.2, 0) is 9.59 Å². The summed E-state index contributed by atoms with van der Waals surface area (Å²) in [7, 11) is 0. The number of amides is 1. The highest BCUT2D eigenvalue weighted by Crippen LogP contribution is 2.66. The van der Waals surface area contributed by atoms with Crippen molar-refractivity contribution in [2.45, 2.75) is 130 Å². The van der Waals surface area contributed by atoms with Crippen LogP contribution in [0.1, 0.15) is 124 Å². The van der Waals surface area contributed by atoms with Gasteiger partial charge in [-0.15, -0.1) is 0 Å². The average molecular weight is 474 g/mol. The Bertz CT molecular complexity index is 751. The van der Waals surface area contributed by atoms with Crippen molar-refractivity contribution >= 4 is 11.7 Å². The van der Waals surface area contributed by atoms with Crippen LogP contribution in [0.15, 0.2) is 0 Å². The van der Waals surface area contributed by atoms with E-state index < -0.39 is 5.60 Å². The van der Waals surface area contributed by atoms with Crippen molar-refractivity contribution in [3.05, 3.63) is 0 Å². The molecule has 194 valence electrons. The fourth-order valence-electron chi connectivity index (χ4n) is 9.01. The molecule has 0 aromatic rings. The molecule has 4 rings (SSSR count). The van der Waals surface area contributed by atoms with Gasteiger partial charge in [0.05, 0.1) is 5.60 Å². The number of aliphatic hydroxyl groups is 1. The number of rotatable bonds is 9. The van der Waals surface area contributed by atoms with Gasteiger partial charge in [-0.3, -0.25) is 9.59 Å². The SMILES string of the molecule is CCCCCCCN(C[C@@]1(O)CC[C@@]2(C)C(CC[C@@H]3[C@@H]2CC[C@]2(C)C(=O)CC[C@@H]32)C1)C(=O)CC. The summed E-state index contributed by atoms with van der Waals surface area (Å²) in [6.45, 7) is 10.3. The Morgan fingerprint density at radius 1 is 0.971 bits per heavy atom. The van der Waals surface area contributed by atoms with Gasteiger partial charge in [0.15, 0.2) is 0 Å². The Balaban J connectivity index is 1.41. The molecular weight excluding hydrogens is 422 g/mol. The Kier molecular flexibility index (Phi) is 7.87. The third-order valence-electron chi connectivity index (χ3n) is 11.2. The third kappa shape index (κ3) is 4.74. The highest BCUT2D eigenvalue weighted by Gasteiger charge is 2.61. The molecule has 0 bridgehead atoms. The fraction of sp³-hybridized carbons (Fsp3) is 0.933. The number of unbranched alkanes of at least 4 members (excludes halogenated alkanes) is 4. The second-order valence-electron chi connectivity index (χ2n) is 13.1. The number of nitrogens with zero attached hydrogens (tertiary/aromatic N) is 1. The van der Waals surface area contributed by atoms with E-state index in [9.17, 15) is 14.7 Å². The average Bonchev–Trinajstić information content (AvgIpc) is 3.12. The number of hydrogen-bond donors (Lipinski definition) is 1. The molecule has 0 aromatic carbocycles. The fourth-order valence-corrected chi connectivity index (χ4v) is 9.01. The summed E-state index contributed by atoms with van der Waals surface area (Å²) in [4.78, 5) is 27.4. The molecule has 0 radical (unpaired) electrons. The Morgan fingerprint density at radius 2 is 1.74 bits per heavy atom. The summed E-state index contributed by atoms with van der Waals surface area (Å²) >= 11 is 0. The molecule has 4 heteroatoms. The van der Waals surface area contributed by atoms with E-state index in [1.165, 1.54) is 44.9 Å². The smallest absolute Gasteiger partial charge is 0.222 e. The molecule has 1 unspecified atom stereocenters. The number of Topliss-reactive ketones (excluding diaryl/α,β-unsaturated/α-hetero) is 1. The van der Waals surface area contributed by atoms with Crippen LogP contribution in [0, 0.1) is 34.5 Å². The van der Waals surface area contributed by atoms with Gasteiger partial charge >= 0.3 is 0 Å². The molecule has 1 amide bonds. The monoisotopic (exact) mass is 473 g/mol. The van der Waals surface area contributed by atoms with Crippen molar-refractivity contribution in [3.63, 3.8) is 0 Å². The van der Waals surface area contributed by atoms with E-state index in [1.54, 1.807) is 0 Å². The zero-order valence-corrected chi connectivity index (χ0v) is 22.5. The zero-order valence-electron chi connectivity index (χ0n) is 22.5. The lowest BCUT2D eigenvalue weighted by Crippen LogP contribution is -2.58. The maximum atomic E-state index is 12.7. The summed E-state index contributed by atoms with van der Waals surface area (Å²) in [6, 6.07) is 0. The Morgan fingerprint density at radius 3 is 2.47 bits per heavy atom. The maximum absolute atomic E-state index is 12.7. The molecule has 4 aliphatic rings. The molecule has 4 aliphatic carbocycles. The van der Waals surface area contributed by atoms with E-state index in [1.807, 2.05) is 11.8 Å². The van der Waals surface area contributed by atoms with Gasteiger partial charge in [-0.05, 0) is 86.9 Å². The van der Waals surface area contributed by atoms with Gasteiger partial charge in [0, 0.05) is 31.3 Å². The standard InChI is InChI=1S/C30H51NO3/c1-5-7-8-9-10-19-31(27(33)6-2)21-30(34)18-17-28(3)22(20-30)11-12-23-24-13-14-26(32)29(24,4)16-15-25(23)28/h22-25,34H,5-21H2,1-4H3/t22?,23-,24-,25-,28-,29-,30+/m0/s1. The predicted octanol–water partition coefficient (Wildman–Crippen LogP) is 6.54. The maximum Gasteiger partial charge on any atom is 0.222 e. The van der Waals surface area contributed by atoms with Crippen molar-refractivity contribution in [3.8, 4) is 0 Å². The van der Waals surface area contributed by atoms with Gasteiger partial charge in [-0.2, -0.15) is 0 Å². The van der Waals surface area contributed by atoms with Gasteiger partial charge in [0.2, 0.25) is 5.91 Å². The predicted molar refractivity (Wildman–Crippen MR) is 137 cm³/mol. The van der Waals surface area contributed by atoms with Crippen molar-refractivity contribution in [1.82, 2.24) is 4.90 Å². The number of fused-ring (bicyclic) bond motifs is 5. The number of carbonyl (C=O) groups excluding carboxylic acids is 2. The number of ketones is 1. The van der Waals surface area contributed by atoms with Crippen molar-refractivity contribution in [2.75, 3.05) is 13.1 Å². The number of hydrogen-bond acceptors (Lipinski definition) is 3. The molecule has 0 aliphatic heterocycles. The van der Waals surface area contributed by atoms with E-state index in [0.29, 0.717) is 42.4 Å². The highest BCUT2D eigenvalue weighted by molar-refractivity contribution is 5.87. The molecule has 1 N–H and O–H groups in total. The normalized spacial score (nSPS) is 41.5. The molecular formula is C30H51NO3. The summed E-state index contributed by atoms with van der Waals surface area (Å²) in [5, 5.41) is 11.8. The Hall–Kier alpha value is -0.900. The molecule has 4 saturated carbocycles. The van der Waals surface area contributed by atoms with Crippen molar-refractivity contribution < 1.29 is 14.7 Å². The molecule has 7 atom stereocenters. The minimum atomic E-state index is -0.738. The summed E-state index contributed by atoms with van der Waals surface area (Å²) in [5.41, 5.74) is -0.516. The summed E-state index contributed by atoms with van der Waals surface area (Å²) < 4.78 is 0. The molecule has 0 saturated heterocycles. The minimum Gasteiger partial charge on any atom is -0.388 e. The number of carbonyl (C=O) groups is 2. The van der Waals surface area contributed by atoms with Crippen molar-refractivity contribution in [1.29, 1.82) is 0 Å². The first-order chi connectivity index (χ1) is 16.2. The quantitative estimate of drug-likeness (QED) is 0.387. The highest BCUT2D eigenvalue weighted by atomic mass is 16.3. The van der Waals surface area contributed by atoms with Crippen LogP contribution in [0.3, 0.4) is 0 Å². The van der Waals surface area contributed by atoms with E-state index in [0.717, 1.165) is 51.5 Å². The third-order valence-corrected chi connectivity index (χ3v) is 11.2. The van der Waals surface area contributed by atoms with E-state index >= 15 is 0 Å². The van der Waals surface area contributed by atoms with Crippen LogP contribution in [-0.4, -0.2) is 40.4 Å². The first kappa shape index (κ1) is 26.2. The van der Waals surface area contributed by atoms with Crippen LogP contribution in [0.4, 0.5) is 0 Å². The van der Waals surface area contributed by atoms with Gasteiger partial charge in [0.25, 0.3) is 0 Å². The van der Waals surface area contributed by atoms with Gasteiger partial charge in [-0.25, -0.2) is 0 Å². The topological polar surface area (TPSA) is 57.6 Å². The minimum absolute atomic E-state index is 0.0576. The molecule has 4 fully saturated rings. The van der Waals surface area contributed by atoms with Gasteiger partial charge in [-0.1, -0.05) is 53.4 Å². The summed E-state index contributed by atoms with van der Waals surface area (Å²) in [6.07, 6.45) is 15.8. The molecule has 0 spiro atoms. The van der Waals surface area contributed by atoms with Crippen molar-refractivity contribution in [2.24, 2.45) is 34.5 Å². The molecule has 4 nitrogen and oxygen atoms in total. The van der Waals surface area contributed by atoms with E-state index in [4.69, 9.17) is 0 Å². The zero-order chi connectivity index (χ0) is 24.6. The van der Waals surface area contributed by atoms with Crippen LogP contribution in [0.5, 0.6) is 0 Å².